The van der Waals surface area contributed by atoms with Crippen LogP contribution in [0, 0.1) is 0 Å². The molecule has 4 rings (SSSR count). The molecule has 150 valence electrons. The Bertz CT molecular complexity index is 967. The summed E-state index contributed by atoms with van der Waals surface area (Å²) >= 11 is 13.3. The number of piperazine rings is 1. The van der Waals surface area contributed by atoms with Gasteiger partial charge in [0.2, 0.25) is 5.91 Å². The fraction of sp³-hybridized carbons (Fsp3) is 0.238. The fourth-order valence-electron chi connectivity index (χ4n) is 3.26. The molecule has 0 aliphatic carbocycles. The van der Waals surface area contributed by atoms with Gasteiger partial charge in [-0.05, 0) is 36.4 Å². The average Bonchev–Trinajstić information content (AvgIpc) is 3.18. The molecule has 1 aliphatic heterocycles. The summed E-state index contributed by atoms with van der Waals surface area (Å²) in [5, 5.41) is 6.89. The molecule has 2 heterocycles. The first-order valence-corrected chi connectivity index (χ1v) is 10.9. The van der Waals surface area contributed by atoms with Crippen LogP contribution in [0.4, 0.5) is 10.8 Å². The van der Waals surface area contributed by atoms with Crippen molar-refractivity contribution in [2.45, 2.75) is 0 Å². The number of hydrogen-bond donors (Lipinski definition) is 1. The van der Waals surface area contributed by atoms with Gasteiger partial charge in [0.1, 0.15) is 0 Å². The van der Waals surface area contributed by atoms with Crippen molar-refractivity contribution in [2.24, 2.45) is 0 Å². The number of halogens is 2. The minimum atomic E-state index is -0.0399. The van der Waals surface area contributed by atoms with Crippen molar-refractivity contribution < 1.29 is 4.79 Å². The van der Waals surface area contributed by atoms with Gasteiger partial charge < -0.3 is 10.2 Å². The molecule has 8 heteroatoms. The summed E-state index contributed by atoms with van der Waals surface area (Å²) in [5.74, 6) is -0.0399. The van der Waals surface area contributed by atoms with Gasteiger partial charge in [0.05, 0.1) is 12.2 Å². The van der Waals surface area contributed by atoms with Crippen LogP contribution in [0.5, 0.6) is 0 Å². The van der Waals surface area contributed by atoms with Crippen LogP contribution in [0.3, 0.4) is 0 Å². The summed E-state index contributed by atoms with van der Waals surface area (Å²) in [7, 11) is 0. The van der Waals surface area contributed by atoms with Gasteiger partial charge in [-0.25, -0.2) is 4.98 Å². The molecular formula is C21H20Cl2N4OS. The fourth-order valence-corrected chi connectivity index (χ4v) is 4.25. The lowest BCUT2D eigenvalue weighted by Crippen LogP contribution is -2.48. The Hall–Kier alpha value is -2.12. The Morgan fingerprint density at radius 3 is 2.24 bits per heavy atom. The van der Waals surface area contributed by atoms with E-state index in [4.69, 9.17) is 23.2 Å². The van der Waals surface area contributed by atoms with Crippen LogP contribution in [-0.4, -0.2) is 48.5 Å². The molecule has 1 amide bonds. The van der Waals surface area contributed by atoms with Crippen molar-refractivity contribution in [1.29, 1.82) is 0 Å². The second-order valence-corrected chi connectivity index (χ2v) is 8.56. The number of anilines is 2. The predicted octanol–water partition coefficient (Wildman–Crippen LogP) is 4.88. The van der Waals surface area contributed by atoms with E-state index >= 15 is 0 Å². The summed E-state index contributed by atoms with van der Waals surface area (Å²) in [6.45, 7) is 3.80. The van der Waals surface area contributed by atoms with E-state index in [0.29, 0.717) is 16.7 Å². The standard InChI is InChI=1S/C21H20Cl2N4OS/c22-16-3-1-15(2-4-16)19-14-29-21(24-19)25-20(28)13-26-9-11-27(12-10-26)18-7-5-17(23)6-8-18/h1-8,14H,9-13H2,(H,24,25,28). The summed E-state index contributed by atoms with van der Waals surface area (Å²) < 4.78 is 0. The van der Waals surface area contributed by atoms with Crippen molar-refractivity contribution >= 4 is 51.3 Å². The largest absolute Gasteiger partial charge is 0.369 e. The maximum atomic E-state index is 12.4. The number of nitrogens with zero attached hydrogens (tertiary/aromatic N) is 3. The van der Waals surface area contributed by atoms with Crippen molar-refractivity contribution in [3.8, 4) is 11.3 Å². The molecule has 0 radical (unpaired) electrons. The maximum Gasteiger partial charge on any atom is 0.240 e. The first-order valence-electron chi connectivity index (χ1n) is 9.31. The highest BCUT2D eigenvalue weighted by Crippen LogP contribution is 2.26. The van der Waals surface area contributed by atoms with E-state index in [2.05, 4.69) is 20.1 Å². The summed E-state index contributed by atoms with van der Waals surface area (Å²) in [5.41, 5.74) is 2.97. The van der Waals surface area contributed by atoms with Gasteiger partial charge in [-0.3, -0.25) is 9.69 Å². The number of aromatic nitrogens is 1. The van der Waals surface area contributed by atoms with Gasteiger partial charge in [-0.15, -0.1) is 11.3 Å². The van der Waals surface area contributed by atoms with Crippen molar-refractivity contribution in [2.75, 3.05) is 42.9 Å². The average molecular weight is 447 g/mol. The van der Waals surface area contributed by atoms with Gasteiger partial charge in [0.25, 0.3) is 0 Å². The summed E-state index contributed by atoms with van der Waals surface area (Å²) in [6, 6.07) is 15.4. The van der Waals surface area contributed by atoms with E-state index in [1.54, 1.807) is 0 Å². The van der Waals surface area contributed by atoms with Crippen LogP contribution < -0.4 is 10.2 Å². The SMILES string of the molecule is O=C(CN1CCN(c2ccc(Cl)cc2)CC1)Nc1nc(-c2ccc(Cl)cc2)cs1. The van der Waals surface area contributed by atoms with E-state index < -0.39 is 0 Å². The molecule has 2 aromatic carbocycles. The number of carbonyl (C=O) groups excluding carboxylic acids is 1. The Morgan fingerprint density at radius 2 is 1.59 bits per heavy atom. The van der Waals surface area contributed by atoms with Crippen molar-refractivity contribution in [3.63, 3.8) is 0 Å². The maximum absolute atomic E-state index is 12.4. The second kappa shape index (κ2) is 9.13. The lowest BCUT2D eigenvalue weighted by atomic mass is 10.2. The molecule has 0 bridgehead atoms. The number of hydrogen-bond acceptors (Lipinski definition) is 5. The zero-order valence-corrected chi connectivity index (χ0v) is 18.0. The van der Waals surface area contributed by atoms with Crippen LogP contribution in [0.1, 0.15) is 0 Å². The van der Waals surface area contributed by atoms with Crippen LogP contribution in [-0.2, 0) is 4.79 Å². The highest BCUT2D eigenvalue weighted by Gasteiger charge is 2.19. The zero-order valence-electron chi connectivity index (χ0n) is 15.6. The summed E-state index contributed by atoms with van der Waals surface area (Å²) in [4.78, 5) is 21.4. The normalized spacial score (nSPS) is 14.8. The van der Waals surface area contributed by atoms with Crippen LogP contribution >= 0.6 is 34.5 Å². The molecule has 1 aliphatic rings. The lowest BCUT2D eigenvalue weighted by molar-refractivity contribution is -0.117. The predicted molar refractivity (Wildman–Crippen MR) is 121 cm³/mol. The number of thiazole rings is 1. The molecule has 1 fully saturated rings. The number of rotatable bonds is 5. The topological polar surface area (TPSA) is 48.5 Å². The minimum Gasteiger partial charge on any atom is -0.369 e. The molecule has 0 spiro atoms. The smallest absolute Gasteiger partial charge is 0.240 e. The lowest BCUT2D eigenvalue weighted by Gasteiger charge is -2.35. The molecule has 1 aromatic heterocycles. The zero-order chi connectivity index (χ0) is 20.2. The highest BCUT2D eigenvalue weighted by molar-refractivity contribution is 7.14. The number of benzene rings is 2. The summed E-state index contributed by atoms with van der Waals surface area (Å²) in [6.07, 6.45) is 0. The van der Waals surface area contributed by atoms with Crippen molar-refractivity contribution in [1.82, 2.24) is 9.88 Å². The van der Waals surface area contributed by atoms with E-state index in [9.17, 15) is 4.79 Å². The molecule has 0 unspecified atom stereocenters. The molecule has 3 aromatic rings. The molecule has 1 saturated heterocycles. The minimum absolute atomic E-state index is 0.0399. The second-order valence-electron chi connectivity index (χ2n) is 6.83. The Labute approximate surface area is 183 Å². The third-order valence-electron chi connectivity index (χ3n) is 4.82. The molecular weight excluding hydrogens is 427 g/mol. The Kier molecular flexibility index (Phi) is 6.35. The quantitative estimate of drug-likeness (QED) is 0.606. The van der Waals surface area contributed by atoms with Crippen molar-refractivity contribution in [3.05, 3.63) is 64.0 Å². The molecule has 0 saturated carbocycles. The van der Waals surface area contributed by atoms with E-state index in [1.807, 2.05) is 53.9 Å². The molecule has 29 heavy (non-hydrogen) atoms. The molecule has 5 nitrogen and oxygen atoms in total. The van der Waals surface area contributed by atoms with Gasteiger partial charge in [-0.2, -0.15) is 0 Å². The van der Waals surface area contributed by atoms with Gasteiger partial charge in [-0.1, -0.05) is 35.3 Å². The number of amides is 1. The molecule has 1 N–H and O–H groups in total. The van der Waals surface area contributed by atoms with E-state index in [0.717, 1.165) is 48.1 Å². The van der Waals surface area contributed by atoms with Gasteiger partial charge in [0, 0.05) is 52.9 Å². The number of carbonyl (C=O) groups is 1. The highest BCUT2D eigenvalue weighted by atomic mass is 35.5. The number of nitrogens with one attached hydrogen (secondary N) is 1. The van der Waals surface area contributed by atoms with E-state index in [-0.39, 0.29) is 5.91 Å². The van der Waals surface area contributed by atoms with Crippen LogP contribution in [0.15, 0.2) is 53.9 Å². The van der Waals surface area contributed by atoms with Gasteiger partial charge in [0.15, 0.2) is 5.13 Å². The third kappa shape index (κ3) is 5.28. The monoisotopic (exact) mass is 446 g/mol. The first-order chi connectivity index (χ1) is 14.1. The first kappa shape index (κ1) is 20.2. The third-order valence-corrected chi connectivity index (χ3v) is 6.08. The van der Waals surface area contributed by atoms with Gasteiger partial charge >= 0.3 is 0 Å². The Morgan fingerprint density at radius 1 is 0.966 bits per heavy atom. The van der Waals surface area contributed by atoms with E-state index in [1.165, 1.54) is 11.3 Å². The van der Waals surface area contributed by atoms with Crippen LogP contribution in [0.25, 0.3) is 11.3 Å². The Balaban J connectivity index is 1.27. The van der Waals surface area contributed by atoms with Crippen LogP contribution in [0.2, 0.25) is 10.0 Å². The molecule has 0 atom stereocenters.